The molecule has 0 aromatic carbocycles. The highest BCUT2D eigenvalue weighted by molar-refractivity contribution is 5.83. The monoisotopic (exact) mass is 244 g/mol. The standard InChI is InChI=1S/C16H24N2/c1-5-7-8-11-15(13-17)16(18-6-2)12-9-10-14(3)4/h6,11-14,17H,8-10H2,1-4H3/b15-11-,16-12+,17-13?,18-6?. The van der Waals surface area contributed by atoms with Crippen molar-refractivity contribution in [2.24, 2.45) is 10.9 Å². The van der Waals surface area contributed by atoms with E-state index in [1.54, 1.807) is 6.21 Å². The third-order valence-corrected chi connectivity index (χ3v) is 2.40. The quantitative estimate of drug-likeness (QED) is 0.392. The lowest BCUT2D eigenvalue weighted by atomic mass is 10.1. The van der Waals surface area contributed by atoms with Crippen LogP contribution in [-0.4, -0.2) is 12.4 Å². The minimum absolute atomic E-state index is 0.669. The maximum Gasteiger partial charge on any atom is 0.0670 e. The Balaban J connectivity index is 4.85. The van der Waals surface area contributed by atoms with Crippen LogP contribution < -0.4 is 0 Å². The second-order valence-corrected chi connectivity index (χ2v) is 4.38. The van der Waals surface area contributed by atoms with Gasteiger partial charge in [0.2, 0.25) is 0 Å². The summed E-state index contributed by atoms with van der Waals surface area (Å²) in [4.78, 5) is 4.34. The van der Waals surface area contributed by atoms with E-state index in [-0.39, 0.29) is 0 Å². The second kappa shape index (κ2) is 10.5. The molecule has 0 saturated carbocycles. The van der Waals surface area contributed by atoms with Crippen LogP contribution in [0, 0.1) is 23.2 Å². The van der Waals surface area contributed by atoms with Gasteiger partial charge in [-0.1, -0.05) is 31.9 Å². The number of rotatable bonds is 7. The average Bonchev–Trinajstić information content (AvgIpc) is 2.33. The Morgan fingerprint density at radius 3 is 2.56 bits per heavy atom. The zero-order valence-electron chi connectivity index (χ0n) is 12.0. The van der Waals surface area contributed by atoms with E-state index in [0.717, 1.165) is 24.1 Å². The third kappa shape index (κ3) is 7.62. The first-order chi connectivity index (χ1) is 8.65. The highest BCUT2D eigenvalue weighted by Gasteiger charge is 2.00. The summed E-state index contributed by atoms with van der Waals surface area (Å²) in [5, 5.41) is 7.47. The van der Waals surface area contributed by atoms with Crippen LogP contribution in [0.5, 0.6) is 0 Å². The van der Waals surface area contributed by atoms with E-state index in [4.69, 9.17) is 5.41 Å². The molecular weight excluding hydrogens is 220 g/mol. The molecule has 0 radical (unpaired) electrons. The van der Waals surface area contributed by atoms with E-state index in [1.807, 2.05) is 19.9 Å². The fourth-order valence-electron chi connectivity index (χ4n) is 1.44. The van der Waals surface area contributed by atoms with Gasteiger partial charge in [-0.3, -0.25) is 4.99 Å². The molecule has 2 nitrogen and oxygen atoms in total. The molecule has 0 saturated heterocycles. The molecular formula is C16H24N2. The van der Waals surface area contributed by atoms with E-state index < -0.39 is 0 Å². The summed E-state index contributed by atoms with van der Waals surface area (Å²) < 4.78 is 0. The SMILES string of the molecule is CC#CC/C=C(C=N)\C(=C/CCC(C)C)N=CC. The molecule has 0 spiro atoms. The van der Waals surface area contributed by atoms with Crippen LogP contribution in [0.25, 0.3) is 0 Å². The third-order valence-electron chi connectivity index (χ3n) is 2.40. The largest absolute Gasteiger partial charge is 0.308 e. The van der Waals surface area contributed by atoms with Gasteiger partial charge in [0.05, 0.1) is 5.70 Å². The molecule has 0 atom stereocenters. The van der Waals surface area contributed by atoms with Gasteiger partial charge in [0.25, 0.3) is 0 Å². The number of aliphatic imine (C=N–C) groups is 1. The maximum atomic E-state index is 7.47. The smallest absolute Gasteiger partial charge is 0.0670 e. The molecule has 0 heterocycles. The number of hydrogen-bond acceptors (Lipinski definition) is 2. The Hall–Kier alpha value is -1.62. The summed E-state index contributed by atoms with van der Waals surface area (Å²) in [7, 11) is 0. The topological polar surface area (TPSA) is 36.2 Å². The molecule has 0 rings (SSSR count). The molecule has 0 unspecified atom stereocenters. The molecule has 0 aliphatic carbocycles. The second-order valence-electron chi connectivity index (χ2n) is 4.38. The van der Waals surface area contributed by atoms with Crippen molar-refractivity contribution < 1.29 is 0 Å². The number of hydrogen-bond donors (Lipinski definition) is 1. The summed E-state index contributed by atoms with van der Waals surface area (Å²) >= 11 is 0. The predicted octanol–water partition coefficient (Wildman–Crippen LogP) is 4.39. The lowest BCUT2D eigenvalue weighted by Crippen LogP contribution is -1.91. The Morgan fingerprint density at radius 2 is 2.06 bits per heavy atom. The number of allylic oxidation sites excluding steroid dienone is 3. The van der Waals surface area contributed by atoms with Gasteiger partial charge in [0.15, 0.2) is 0 Å². The summed E-state index contributed by atoms with van der Waals surface area (Å²) in [6.07, 6.45) is 9.99. The van der Waals surface area contributed by atoms with Gasteiger partial charge >= 0.3 is 0 Å². The van der Waals surface area contributed by atoms with Crippen molar-refractivity contribution in [3.05, 3.63) is 23.4 Å². The molecule has 0 aliphatic heterocycles. The Kier molecular flexibility index (Phi) is 9.58. The lowest BCUT2D eigenvalue weighted by Gasteiger charge is -2.04. The normalized spacial score (nSPS) is 12.7. The molecule has 0 fully saturated rings. The maximum absolute atomic E-state index is 7.47. The van der Waals surface area contributed by atoms with E-state index in [2.05, 4.69) is 36.8 Å². The summed E-state index contributed by atoms with van der Waals surface area (Å²) in [6, 6.07) is 0. The van der Waals surface area contributed by atoms with Crippen LogP contribution in [-0.2, 0) is 0 Å². The first-order valence-corrected chi connectivity index (χ1v) is 6.45. The minimum atomic E-state index is 0.669. The Bertz CT molecular complexity index is 387. The molecule has 0 bridgehead atoms. The number of nitrogens with zero attached hydrogens (tertiary/aromatic N) is 1. The molecule has 0 aromatic heterocycles. The van der Waals surface area contributed by atoms with E-state index in [9.17, 15) is 0 Å². The fourth-order valence-corrected chi connectivity index (χ4v) is 1.44. The fraction of sp³-hybridized carbons (Fsp3) is 0.500. The van der Waals surface area contributed by atoms with Crippen molar-refractivity contribution in [2.75, 3.05) is 0 Å². The van der Waals surface area contributed by atoms with Gasteiger partial charge in [-0.2, -0.15) is 0 Å². The molecule has 18 heavy (non-hydrogen) atoms. The van der Waals surface area contributed by atoms with Crippen molar-refractivity contribution in [1.29, 1.82) is 5.41 Å². The summed E-state index contributed by atoms with van der Waals surface area (Å²) in [6.45, 7) is 8.13. The summed E-state index contributed by atoms with van der Waals surface area (Å²) in [5.74, 6) is 6.51. The van der Waals surface area contributed by atoms with E-state index >= 15 is 0 Å². The minimum Gasteiger partial charge on any atom is -0.308 e. The highest BCUT2D eigenvalue weighted by atomic mass is 14.7. The molecule has 1 N–H and O–H groups in total. The van der Waals surface area contributed by atoms with Crippen LogP contribution in [0.15, 0.2) is 28.4 Å². The van der Waals surface area contributed by atoms with Gasteiger partial charge in [0, 0.05) is 24.4 Å². The first-order valence-electron chi connectivity index (χ1n) is 6.45. The highest BCUT2D eigenvalue weighted by Crippen LogP contribution is 2.14. The van der Waals surface area contributed by atoms with E-state index in [0.29, 0.717) is 12.3 Å². The van der Waals surface area contributed by atoms with Gasteiger partial charge in [0.1, 0.15) is 0 Å². The molecule has 2 heteroatoms. The van der Waals surface area contributed by atoms with E-state index in [1.165, 1.54) is 6.21 Å². The van der Waals surface area contributed by atoms with Gasteiger partial charge in [-0.15, -0.1) is 5.92 Å². The van der Waals surface area contributed by atoms with Crippen molar-refractivity contribution in [3.8, 4) is 11.8 Å². The predicted molar refractivity (Wildman–Crippen MR) is 81.3 cm³/mol. The average molecular weight is 244 g/mol. The van der Waals surface area contributed by atoms with Crippen molar-refractivity contribution in [3.63, 3.8) is 0 Å². The number of nitrogens with one attached hydrogen (secondary N) is 1. The van der Waals surface area contributed by atoms with Crippen LogP contribution >= 0.6 is 0 Å². The van der Waals surface area contributed by atoms with Crippen LogP contribution in [0.3, 0.4) is 0 Å². The molecule has 0 aliphatic rings. The van der Waals surface area contributed by atoms with Gasteiger partial charge in [-0.25, -0.2) is 0 Å². The first kappa shape index (κ1) is 16.4. The zero-order chi connectivity index (χ0) is 13.8. The van der Waals surface area contributed by atoms with Crippen molar-refractivity contribution in [1.82, 2.24) is 0 Å². The summed E-state index contributed by atoms with van der Waals surface area (Å²) in [5.41, 5.74) is 1.73. The Labute approximate surface area is 111 Å². The lowest BCUT2D eigenvalue weighted by molar-refractivity contribution is 0.593. The van der Waals surface area contributed by atoms with Crippen LogP contribution in [0.2, 0.25) is 0 Å². The molecule has 0 aromatic rings. The van der Waals surface area contributed by atoms with Gasteiger partial charge in [-0.05, 0) is 32.6 Å². The van der Waals surface area contributed by atoms with Crippen LogP contribution in [0.4, 0.5) is 0 Å². The molecule has 98 valence electrons. The molecule has 0 amide bonds. The van der Waals surface area contributed by atoms with Gasteiger partial charge < -0.3 is 5.41 Å². The van der Waals surface area contributed by atoms with Crippen molar-refractivity contribution in [2.45, 2.75) is 47.0 Å². The van der Waals surface area contributed by atoms with Crippen molar-refractivity contribution >= 4 is 12.4 Å². The zero-order valence-corrected chi connectivity index (χ0v) is 12.0. The van der Waals surface area contributed by atoms with Crippen LogP contribution in [0.1, 0.15) is 47.0 Å². The Morgan fingerprint density at radius 1 is 1.33 bits per heavy atom.